The monoisotopic (exact) mass is 415 g/mol. The van der Waals surface area contributed by atoms with Crippen molar-refractivity contribution in [2.24, 2.45) is 0 Å². The number of fused-ring (bicyclic) bond motifs is 1. The number of esters is 1. The molecule has 0 aliphatic carbocycles. The van der Waals surface area contributed by atoms with Gasteiger partial charge < -0.3 is 9.30 Å². The maximum atomic E-state index is 12.6. The molecule has 1 aromatic carbocycles. The lowest BCUT2D eigenvalue weighted by atomic mass is 9.99. The van der Waals surface area contributed by atoms with Gasteiger partial charge in [-0.25, -0.2) is 4.79 Å². The van der Waals surface area contributed by atoms with Gasteiger partial charge in [-0.2, -0.15) is 0 Å². The highest BCUT2D eigenvalue weighted by molar-refractivity contribution is 5.95. The molecular weight excluding hydrogens is 382 g/mol. The van der Waals surface area contributed by atoms with E-state index >= 15 is 0 Å². The topological polar surface area (TPSA) is 31.2 Å². The first kappa shape index (κ1) is 23.9. The minimum atomic E-state index is -0.599. The Balaban J connectivity index is 2.17. The van der Waals surface area contributed by atoms with Crippen molar-refractivity contribution in [3.05, 3.63) is 108 Å². The SMILES string of the molecule is C=C/C=C(\C(=C)C(=C)/C=C\C(=C)Cn1c(C)c(C)c2ccccc21)C(=O)OC(C)(C)C. The molecule has 0 aliphatic heterocycles. The van der Waals surface area contributed by atoms with Crippen LogP contribution in [0.25, 0.3) is 10.9 Å². The summed E-state index contributed by atoms with van der Waals surface area (Å²) < 4.78 is 7.75. The number of carbonyl (C=O) groups excluding carboxylic acids is 1. The van der Waals surface area contributed by atoms with Crippen molar-refractivity contribution < 1.29 is 9.53 Å². The van der Waals surface area contributed by atoms with Gasteiger partial charge in [0.25, 0.3) is 0 Å². The summed E-state index contributed by atoms with van der Waals surface area (Å²) in [4.78, 5) is 12.6. The summed E-state index contributed by atoms with van der Waals surface area (Å²) in [5.74, 6) is -0.448. The van der Waals surface area contributed by atoms with Gasteiger partial charge in [-0.3, -0.25) is 0 Å². The molecule has 162 valence electrons. The summed E-state index contributed by atoms with van der Waals surface area (Å²) in [5, 5.41) is 1.26. The Hall–Kier alpha value is -3.33. The van der Waals surface area contributed by atoms with E-state index < -0.39 is 11.6 Å². The van der Waals surface area contributed by atoms with E-state index in [0.29, 0.717) is 23.3 Å². The smallest absolute Gasteiger partial charge is 0.339 e. The Labute approximate surface area is 186 Å². The zero-order valence-electron chi connectivity index (χ0n) is 19.4. The number of aryl methyl sites for hydroxylation is 1. The van der Waals surface area contributed by atoms with Gasteiger partial charge in [0.15, 0.2) is 0 Å². The van der Waals surface area contributed by atoms with Crippen molar-refractivity contribution in [2.45, 2.75) is 46.8 Å². The lowest BCUT2D eigenvalue weighted by molar-refractivity contribution is -0.149. The molecule has 0 aliphatic rings. The predicted octanol–water partition coefficient (Wildman–Crippen LogP) is 6.94. The van der Waals surface area contributed by atoms with Gasteiger partial charge in [0, 0.05) is 23.1 Å². The third-order valence-electron chi connectivity index (χ3n) is 5.04. The molecule has 0 bridgehead atoms. The fourth-order valence-electron chi connectivity index (χ4n) is 3.30. The Bertz CT molecular complexity index is 1110. The van der Waals surface area contributed by atoms with E-state index in [1.54, 1.807) is 12.2 Å². The van der Waals surface area contributed by atoms with Crippen molar-refractivity contribution >= 4 is 16.9 Å². The highest BCUT2D eigenvalue weighted by Gasteiger charge is 2.21. The van der Waals surface area contributed by atoms with Crippen molar-refractivity contribution in [3.63, 3.8) is 0 Å². The Morgan fingerprint density at radius 2 is 1.74 bits per heavy atom. The number of carbonyl (C=O) groups is 1. The van der Waals surface area contributed by atoms with Crippen LogP contribution >= 0.6 is 0 Å². The maximum Gasteiger partial charge on any atom is 0.339 e. The highest BCUT2D eigenvalue weighted by Crippen LogP contribution is 2.26. The molecule has 0 unspecified atom stereocenters. The van der Waals surface area contributed by atoms with Crippen LogP contribution < -0.4 is 0 Å². The minimum Gasteiger partial charge on any atom is -0.456 e. The van der Waals surface area contributed by atoms with Gasteiger partial charge in [0.05, 0.1) is 5.57 Å². The van der Waals surface area contributed by atoms with E-state index in [0.717, 1.165) is 5.57 Å². The summed E-state index contributed by atoms with van der Waals surface area (Å²) in [6.45, 7) is 26.4. The second-order valence-electron chi connectivity index (χ2n) is 8.63. The number of hydrogen-bond acceptors (Lipinski definition) is 2. The molecule has 0 spiro atoms. The zero-order valence-corrected chi connectivity index (χ0v) is 19.4. The second kappa shape index (κ2) is 9.65. The molecule has 3 nitrogen and oxygen atoms in total. The summed E-state index contributed by atoms with van der Waals surface area (Å²) >= 11 is 0. The number of benzene rings is 1. The first-order chi connectivity index (χ1) is 14.5. The van der Waals surface area contributed by atoms with Gasteiger partial charge in [0.1, 0.15) is 5.60 Å². The van der Waals surface area contributed by atoms with Crippen LogP contribution in [-0.2, 0) is 16.1 Å². The number of hydrogen-bond donors (Lipinski definition) is 0. The zero-order chi connectivity index (χ0) is 23.3. The summed E-state index contributed by atoms with van der Waals surface area (Å²) in [6, 6.07) is 8.37. The lowest BCUT2D eigenvalue weighted by Crippen LogP contribution is -2.25. The molecule has 3 heteroatoms. The van der Waals surface area contributed by atoms with E-state index in [4.69, 9.17) is 4.74 Å². The summed E-state index contributed by atoms with van der Waals surface area (Å²) in [7, 11) is 0. The highest BCUT2D eigenvalue weighted by atomic mass is 16.6. The number of rotatable bonds is 8. The van der Waals surface area contributed by atoms with E-state index in [2.05, 4.69) is 62.9 Å². The van der Waals surface area contributed by atoms with Crippen molar-refractivity contribution in [3.8, 4) is 0 Å². The predicted molar refractivity (Wildman–Crippen MR) is 132 cm³/mol. The van der Waals surface area contributed by atoms with Gasteiger partial charge in [-0.05, 0) is 69.0 Å². The molecule has 0 N–H and O–H groups in total. The largest absolute Gasteiger partial charge is 0.456 e. The van der Waals surface area contributed by atoms with Crippen LogP contribution in [0.3, 0.4) is 0 Å². The third kappa shape index (κ3) is 5.85. The Morgan fingerprint density at radius 3 is 2.35 bits per heavy atom. The second-order valence-corrected chi connectivity index (χ2v) is 8.63. The molecule has 2 aromatic rings. The van der Waals surface area contributed by atoms with Crippen molar-refractivity contribution in [1.29, 1.82) is 0 Å². The Kier molecular flexibility index (Phi) is 7.46. The molecule has 1 heterocycles. The molecule has 0 saturated heterocycles. The lowest BCUT2D eigenvalue weighted by Gasteiger charge is -2.21. The van der Waals surface area contributed by atoms with Gasteiger partial charge in [0.2, 0.25) is 0 Å². The number of allylic oxidation sites excluding steroid dienone is 6. The normalized spacial score (nSPS) is 12.2. The van der Waals surface area contributed by atoms with E-state index in [1.807, 2.05) is 39.0 Å². The van der Waals surface area contributed by atoms with Crippen LogP contribution in [0.5, 0.6) is 0 Å². The maximum absolute atomic E-state index is 12.6. The average Bonchev–Trinajstić information content (AvgIpc) is 2.93. The molecule has 0 amide bonds. The number of nitrogens with zero attached hydrogens (tertiary/aromatic N) is 1. The molecule has 0 fully saturated rings. The minimum absolute atomic E-state index is 0.341. The molecular formula is C28H33NO2. The van der Waals surface area contributed by atoms with Gasteiger partial charge in [-0.1, -0.05) is 62.7 Å². The molecule has 0 radical (unpaired) electrons. The van der Waals surface area contributed by atoms with Crippen LogP contribution in [0.1, 0.15) is 32.0 Å². The van der Waals surface area contributed by atoms with Crippen LogP contribution in [0.15, 0.2) is 97.2 Å². The molecule has 1 aromatic heterocycles. The quantitative estimate of drug-likeness (QED) is 0.266. The standard InChI is InChI=1S/C28H33NO2/c1-10-13-25(27(30)31-28(7,8)9)21(4)20(3)17-16-19(2)18-29-23(6)22(5)24-14-11-12-15-26(24)29/h10-17H,1-4,18H2,5-9H3/b17-16-,25-13+. The molecule has 2 rings (SSSR count). The van der Waals surface area contributed by atoms with Crippen LogP contribution in [0.4, 0.5) is 0 Å². The van der Waals surface area contributed by atoms with E-state index in [9.17, 15) is 4.79 Å². The van der Waals surface area contributed by atoms with Crippen molar-refractivity contribution in [1.82, 2.24) is 4.57 Å². The van der Waals surface area contributed by atoms with E-state index in [-0.39, 0.29) is 0 Å². The van der Waals surface area contributed by atoms with Gasteiger partial charge in [-0.15, -0.1) is 0 Å². The number of para-hydroxylation sites is 1. The summed E-state index contributed by atoms with van der Waals surface area (Å²) in [6.07, 6.45) is 6.89. The van der Waals surface area contributed by atoms with Gasteiger partial charge >= 0.3 is 5.97 Å². The van der Waals surface area contributed by atoms with Crippen LogP contribution in [-0.4, -0.2) is 16.1 Å². The third-order valence-corrected chi connectivity index (χ3v) is 5.04. The summed E-state index contributed by atoms with van der Waals surface area (Å²) in [5.41, 5.74) is 5.47. The van der Waals surface area contributed by atoms with Crippen molar-refractivity contribution in [2.75, 3.05) is 0 Å². The fourth-order valence-corrected chi connectivity index (χ4v) is 3.30. The molecule has 0 saturated carbocycles. The fraction of sp³-hybridized carbons (Fsp3) is 0.250. The molecule has 31 heavy (non-hydrogen) atoms. The average molecular weight is 416 g/mol. The number of ether oxygens (including phenoxy) is 1. The molecule has 0 atom stereocenters. The number of aromatic nitrogens is 1. The first-order valence-electron chi connectivity index (χ1n) is 10.3. The van der Waals surface area contributed by atoms with Crippen LogP contribution in [0, 0.1) is 13.8 Å². The van der Waals surface area contributed by atoms with E-state index in [1.165, 1.54) is 22.2 Å². The Morgan fingerprint density at radius 1 is 1.10 bits per heavy atom. The first-order valence-corrected chi connectivity index (χ1v) is 10.3. The van der Waals surface area contributed by atoms with Crippen LogP contribution in [0.2, 0.25) is 0 Å².